The molecule has 0 spiro atoms. The van der Waals surface area contributed by atoms with Gasteiger partial charge in [-0.05, 0) is 49.6 Å². The van der Waals surface area contributed by atoms with Crippen molar-refractivity contribution in [2.45, 2.75) is 26.3 Å². The lowest BCUT2D eigenvalue weighted by molar-refractivity contribution is 0.340. The zero-order valence-electron chi connectivity index (χ0n) is 19.5. The summed E-state index contributed by atoms with van der Waals surface area (Å²) in [4.78, 5) is 6.45. The van der Waals surface area contributed by atoms with E-state index >= 15 is 0 Å². The Hall–Kier alpha value is -3.99. The number of nitriles is 1. The SMILES string of the molecule is CCOc1ccc(CN(C)C(=NC)NCCCc2nn(-c3ccccc3)c(N)c2C#N)cc1. The molecular weight excluding hydrogens is 414 g/mol. The van der Waals surface area contributed by atoms with Crippen molar-refractivity contribution in [3.8, 4) is 17.5 Å². The van der Waals surface area contributed by atoms with Gasteiger partial charge in [-0.15, -0.1) is 0 Å². The van der Waals surface area contributed by atoms with E-state index in [2.05, 4.69) is 38.5 Å². The molecule has 0 aliphatic carbocycles. The quantitative estimate of drug-likeness (QED) is 0.297. The largest absolute Gasteiger partial charge is 0.494 e. The molecule has 0 atom stereocenters. The fraction of sp³-hybridized carbons (Fsp3) is 0.320. The van der Waals surface area contributed by atoms with Gasteiger partial charge in [-0.1, -0.05) is 30.3 Å². The lowest BCUT2D eigenvalue weighted by Gasteiger charge is -2.22. The standard InChI is InChI=1S/C25H31N7O/c1-4-33-21-14-12-19(13-15-21)18-31(3)25(28-2)29-16-8-11-23-22(17-26)24(27)32(30-23)20-9-6-5-7-10-20/h5-7,9-10,12-15H,4,8,11,16,18,27H2,1-3H3,(H,28,29). The first-order valence-corrected chi connectivity index (χ1v) is 11.0. The predicted octanol–water partition coefficient (Wildman–Crippen LogP) is 3.36. The molecule has 8 nitrogen and oxygen atoms in total. The number of hydrogen-bond acceptors (Lipinski definition) is 5. The average Bonchev–Trinajstić information content (AvgIpc) is 3.16. The molecule has 0 unspecified atom stereocenters. The second kappa shape index (κ2) is 11.6. The highest BCUT2D eigenvalue weighted by Gasteiger charge is 2.16. The third-order valence-corrected chi connectivity index (χ3v) is 5.21. The number of ether oxygens (including phenoxy) is 1. The Bertz CT molecular complexity index is 1100. The highest BCUT2D eigenvalue weighted by Crippen LogP contribution is 2.21. The Labute approximate surface area is 195 Å². The van der Waals surface area contributed by atoms with Crippen LogP contribution in [0, 0.1) is 11.3 Å². The summed E-state index contributed by atoms with van der Waals surface area (Å²) in [6, 6.07) is 19.9. The van der Waals surface area contributed by atoms with Gasteiger partial charge >= 0.3 is 0 Å². The topological polar surface area (TPSA) is 104 Å². The van der Waals surface area contributed by atoms with Crippen molar-refractivity contribution in [3.05, 3.63) is 71.4 Å². The minimum absolute atomic E-state index is 0.373. The van der Waals surface area contributed by atoms with Crippen LogP contribution in [0.4, 0.5) is 5.82 Å². The number of rotatable bonds is 9. The van der Waals surface area contributed by atoms with Crippen molar-refractivity contribution in [2.24, 2.45) is 4.99 Å². The van der Waals surface area contributed by atoms with Crippen LogP contribution in [-0.2, 0) is 13.0 Å². The number of guanidine groups is 1. The molecule has 1 heterocycles. The van der Waals surface area contributed by atoms with Crippen LogP contribution in [-0.4, -0.2) is 47.9 Å². The van der Waals surface area contributed by atoms with Crippen molar-refractivity contribution in [2.75, 3.05) is 33.0 Å². The number of nitrogens with one attached hydrogen (secondary N) is 1. The van der Waals surface area contributed by atoms with Gasteiger partial charge in [0.05, 0.1) is 18.0 Å². The molecule has 0 bridgehead atoms. The molecule has 3 rings (SSSR count). The number of benzene rings is 2. The second-order valence-corrected chi connectivity index (χ2v) is 7.58. The minimum atomic E-state index is 0.373. The molecule has 2 aromatic carbocycles. The Kier molecular flexibility index (Phi) is 8.30. The van der Waals surface area contributed by atoms with Crippen LogP contribution < -0.4 is 15.8 Å². The number of nitrogen functional groups attached to an aromatic ring is 1. The first-order valence-electron chi connectivity index (χ1n) is 11.0. The molecule has 3 N–H and O–H groups in total. The number of nitrogens with two attached hydrogens (primary N) is 1. The first kappa shape index (κ1) is 23.7. The summed E-state index contributed by atoms with van der Waals surface area (Å²) in [5.74, 6) is 2.05. The minimum Gasteiger partial charge on any atom is -0.494 e. The average molecular weight is 446 g/mol. The maximum atomic E-state index is 9.57. The highest BCUT2D eigenvalue weighted by atomic mass is 16.5. The van der Waals surface area contributed by atoms with E-state index in [9.17, 15) is 5.26 Å². The highest BCUT2D eigenvalue weighted by molar-refractivity contribution is 5.79. The monoisotopic (exact) mass is 445 g/mol. The van der Waals surface area contributed by atoms with Gasteiger partial charge in [0.2, 0.25) is 0 Å². The second-order valence-electron chi connectivity index (χ2n) is 7.58. The van der Waals surface area contributed by atoms with Gasteiger partial charge in [-0.3, -0.25) is 4.99 Å². The molecule has 3 aromatic rings. The lowest BCUT2D eigenvalue weighted by atomic mass is 10.1. The van der Waals surface area contributed by atoms with Crippen molar-refractivity contribution in [1.29, 1.82) is 5.26 Å². The van der Waals surface area contributed by atoms with Crippen LogP contribution in [0.25, 0.3) is 5.69 Å². The van der Waals surface area contributed by atoms with E-state index in [1.54, 1.807) is 11.7 Å². The number of para-hydroxylation sites is 1. The number of hydrogen-bond donors (Lipinski definition) is 2. The van der Waals surface area contributed by atoms with Crippen molar-refractivity contribution in [1.82, 2.24) is 20.0 Å². The van der Waals surface area contributed by atoms with E-state index in [1.165, 1.54) is 5.56 Å². The van der Waals surface area contributed by atoms with Gasteiger partial charge in [-0.2, -0.15) is 10.4 Å². The molecular formula is C25H31N7O. The summed E-state index contributed by atoms with van der Waals surface area (Å²) in [5, 5.41) is 17.5. The lowest BCUT2D eigenvalue weighted by Crippen LogP contribution is -2.39. The molecule has 8 heteroatoms. The summed E-state index contributed by atoms with van der Waals surface area (Å²) in [7, 11) is 3.77. The molecule has 0 radical (unpaired) electrons. The summed E-state index contributed by atoms with van der Waals surface area (Å²) >= 11 is 0. The number of aryl methyl sites for hydroxylation is 1. The molecule has 1 aromatic heterocycles. The maximum Gasteiger partial charge on any atom is 0.193 e. The van der Waals surface area contributed by atoms with Crippen molar-refractivity contribution < 1.29 is 4.74 Å². The van der Waals surface area contributed by atoms with Gasteiger partial charge in [0.1, 0.15) is 23.2 Å². The maximum absolute atomic E-state index is 9.57. The van der Waals surface area contributed by atoms with Crippen LogP contribution in [0.2, 0.25) is 0 Å². The van der Waals surface area contributed by atoms with Crippen molar-refractivity contribution in [3.63, 3.8) is 0 Å². The third-order valence-electron chi connectivity index (χ3n) is 5.21. The molecule has 0 aliphatic rings. The summed E-state index contributed by atoms with van der Waals surface area (Å²) < 4.78 is 7.13. The summed E-state index contributed by atoms with van der Waals surface area (Å²) in [6.45, 7) is 4.05. The molecule has 0 aliphatic heterocycles. The van der Waals surface area contributed by atoms with Crippen LogP contribution in [0.15, 0.2) is 59.6 Å². The molecule has 0 saturated carbocycles. The van der Waals surface area contributed by atoms with E-state index in [1.807, 2.05) is 56.4 Å². The van der Waals surface area contributed by atoms with E-state index in [0.29, 0.717) is 36.6 Å². The molecule has 0 saturated heterocycles. The molecule has 33 heavy (non-hydrogen) atoms. The zero-order chi connectivity index (χ0) is 23.6. The third kappa shape index (κ3) is 6.04. The fourth-order valence-corrected chi connectivity index (χ4v) is 3.59. The summed E-state index contributed by atoms with van der Waals surface area (Å²) in [5.41, 5.74) is 9.35. The Morgan fingerprint density at radius 1 is 1.21 bits per heavy atom. The number of anilines is 1. The van der Waals surface area contributed by atoms with Crippen LogP contribution >= 0.6 is 0 Å². The van der Waals surface area contributed by atoms with Crippen LogP contribution in [0.5, 0.6) is 5.75 Å². The Morgan fingerprint density at radius 3 is 2.58 bits per heavy atom. The molecule has 172 valence electrons. The van der Waals surface area contributed by atoms with Gasteiger partial charge in [0.15, 0.2) is 5.96 Å². The van der Waals surface area contributed by atoms with Gasteiger partial charge in [0.25, 0.3) is 0 Å². The van der Waals surface area contributed by atoms with Gasteiger partial charge in [-0.25, -0.2) is 4.68 Å². The molecule has 0 fully saturated rings. The van der Waals surface area contributed by atoms with Gasteiger partial charge in [0, 0.05) is 27.2 Å². The first-order chi connectivity index (χ1) is 16.1. The fourth-order valence-electron chi connectivity index (χ4n) is 3.59. The Morgan fingerprint density at radius 2 is 1.94 bits per heavy atom. The zero-order valence-corrected chi connectivity index (χ0v) is 19.5. The normalized spacial score (nSPS) is 11.2. The predicted molar refractivity (Wildman–Crippen MR) is 131 cm³/mol. The molecule has 0 amide bonds. The number of aromatic nitrogens is 2. The smallest absolute Gasteiger partial charge is 0.193 e. The summed E-state index contributed by atoms with van der Waals surface area (Å²) in [6.07, 6.45) is 1.43. The van der Waals surface area contributed by atoms with E-state index in [-0.39, 0.29) is 0 Å². The van der Waals surface area contributed by atoms with Crippen LogP contribution in [0.3, 0.4) is 0 Å². The van der Waals surface area contributed by atoms with E-state index in [0.717, 1.165) is 30.4 Å². The number of aliphatic imine (C=N–C) groups is 1. The van der Waals surface area contributed by atoms with Gasteiger partial charge < -0.3 is 20.7 Å². The van der Waals surface area contributed by atoms with Crippen LogP contribution in [0.1, 0.15) is 30.2 Å². The van der Waals surface area contributed by atoms with E-state index in [4.69, 9.17) is 10.5 Å². The van der Waals surface area contributed by atoms with Crippen molar-refractivity contribution >= 4 is 11.8 Å². The Balaban J connectivity index is 1.54. The van der Waals surface area contributed by atoms with E-state index < -0.39 is 0 Å². The number of nitrogens with zero attached hydrogens (tertiary/aromatic N) is 5.